The molecule has 0 aliphatic rings. The molecule has 0 fully saturated rings. The molecule has 0 saturated carbocycles. The maximum atomic E-state index is 12.0. The van der Waals surface area contributed by atoms with Gasteiger partial charge in [0, 0.05) is 11.8 Å². The van der Waals surface area contributed by atoms with Gasteiger partial charge in [0.25, 0.3) is 0 Å². The second kappa shape index (κ2) is 7.84. The fourth-order valence-corrected chi connectivity index (χ4v) is 1.99. The van der Waals surface area contributed by atoms with E-state index in [2.05, 4.69) is 10.6 Å². The van der Waals surface area contributed by atoms with Gasteiger partial charge in [0.15, 0.2) is 0 Å². The number of carbonyl (C=O) groups excluding carboxylic acids is 2. The number of anilines is 2. The summed E-state index contributed by atoms with van der Waals surface area (Å²) in [5.74, 6) is 0.330. The zero-order valence-electron chi connectivity index (χ0n) is 13.0. The van der Waals surface area contributed by atoms with Crippen LogP contribution in [0.5, 0.6) is 11.5 Å². The summed E-state index contributed by atoms with van der Waals surface area (Å²) in [4.78, 5) is 23.9. The van der Waals surface area contributed by atoms with Gasteiger partial charge in [0.1, 0.15) is 17.9 Å². The third kappa shape index (κ3) is 4.74. The molecular formula is C17H18N2O4. The molecule has 2 N–H and O–H groups in total. The van der Waals surface area contributed by atoms with E-state index in [-0.39, 0.29) is 6.42 Å². The molecular weight excluding hydrogens is 296 g/mol. The van der Waals surface area contributed by atoms with Gasteiger partial charge in [-0.15, -0.1) is 0 Å². The van der Waals surface area contributed by atoms with E-state index >= 15 is 0 Å². The molecule has 0 aliphatic carbocycles. The van der Waals surface area contributed by atoms with E-state index in [1.165, 1.54) is 7.11 Å². The first-order valence-corrected chi connectivity index (χ1v) is 6.99. The molecule has 0 aromatic heterocycles. The van der Waals surface area contributed by atoms with Crippen LogP contribution in [0.25, 0.3) is 0 Å². The number of benzene rings is 2. The molecule has 6 nitrogen and oxygen atoms in total. The fraction of sp³-hybridized carbons (Fsp3) is 0.176. The Morgan fingerprint density at radius 3 is 2.39 bits per heavy atom. The first-order chi connectivity index (χ1) is 11.1. The van der Waals surface area contributed by atoms with Gasteiger partial charge in [-0.2, -0.15) is 0 Å². The van der Waals surface area contributed by atoms with Crippen molar-refractivity contribution in [3.8, 4) is 11.5 Å². The lowest BCUT2D eigenvalue weighted by Crippen LogP contribution is -2.21. The van der Waals surface area contributed by atoms with Gasteiger partial charge in [0.05, 0.1) is 19.9 Å². The van der Waals surface area contributed by atoms with Crippen LogP contribution >= 0.6 is 0 Å². The van der Waals surface area contributed by atoms with Crippen LogP contribution in [-0.4, -0.2) is 26.0 Å². The summed E-state index contributed by atoms with van der Waals surface area (Å²) in [5, 5.41) is 5.30. The normalized spacial score (nSPS) is 9.83. The van der Waals surface area contributed by atoms with Crippen LogP contribution in [0.15, 0.2) is 48.5 Å². The predicted octanol–water partition coefficient (Wildman–Crippen LogP) is 2.67. The highest BCUT2D eigenvalue weighted by Crippen LogP contribution is 2.23. The van der Waals surface area contributed by atoms with Crippen molar-refractivity contribution in [2.75, 3.05) is 24.9 Å². The molecule has 2 rings (SSSR count). The zero-order chi connectivity index (χ0) is 16.7. The van der Waals surface area contributed by atoms with E-state index < -0.39 is 11.8 Å². The molecule has 6 heteroatoms. The van der Waals surface area contributed by atoms with E-state index in [4.69, 9.17) is 9.47 Å². The van der Waals surface area contributed by atoms with Crippen molar-refractivity contribution in [2.45, 2.75) is 6.42 Å². The summed E-state index contributed by atoms with van der Waals surface area (Å²) >= 11 is 0. The van der Waals surface area contributed by atoms with Crippen LogP contribution in [0.2, 0.25) is 0 Å². The molecule has 23 heavy (non-hydrogen) atoms. The summed E-state index contributed by atoms with van der Waals surface area (Å²) in [6, 6.07) is 13.9. The van der Waals surface area contributed by atoms with Crippen LogP contribution in [0.4, 0.5) is 11.4 Å². The van der Waals surface area contributed by atoms with Gasteiger partial charge >= 0.3 is 0 Å². The quantitative estimate of drug-likeness (QED) is 0.804. The second-order valence-electron chi connectivity index (χ2n) is 4.71. The zero-order valence-corrected chi connectivity index (χ0v) is 13.0. The molecule has 2 amide bonds. The van der Waals surface area contributed by atoms with Crippen molar-refractivity contribution in [3.05, 3.63) is 48.5 Å². The first-order valence-electron chi connectivity index (χ1n) is 6.99. The van der Waals surface area contributed by atoms with Gasteiger partial charge in [-0.05, 0) is 24.3 Å². The highest BCUT2D eigenvalue weighted by Gasteiger charge is 2.12. The minimum atomic E-state index is -0.421. The molecule has 2 aromatic carbocycles. The third-order valence-corrected chi connectivity index (χ3v) is 3.06. The molecule has 2 aromatic rings. The maximum Gasteiger partial charge on any atom is 0.233 e. The molecule has 0 heterocycles. The molecule has 0 radical (unpaired) electrons. The Morgan fingerprint density at radius 1 is 0.913 bits per heavy atom. The highest BCUT2D eigenvalue weighted by atomic mass is 16.5. The van der Waals surface area contributed by atoms with E-state index in [0.29, 0.717) is 22.9 Å². The number of methoxy groups -OCH3 is 2. The van der Waals surface area contributed by atoms with E-state index in [0.717, 1.165) is 0 Å². The van der Waals surface area contributed by atoms with Crippen molar-refractivity contribution in [3.63, 3.8) is 0 Å². The number of hydrogen-bond donors (Lipinski definition) is 2. The van der Waals surface area contributed by atoms with Gasteiger partial charge in [0.2, 0.25) is 11.8 Å². The minimum Gasteiger partial charge on any atom is -0.497 e. The van der Waals surface area contributed by atoms with Crippen molar-refractivity contribution in [1.29, 1.82) is 0 Å². The molecule has 0 spiro atoms. The largest absolute Gasteiger partial charge is 0.497 e. The minimum absolute atomic E-state index is 0.296. The number of rotatable bonds is 6. The lowest BCUT2D eigenvalue weighted by Gasteiger charge is -2.10. The van der Waals surface area contributed by atoms with E-state index in [9.17, 15) is 9.59 Å². The Balaban J connectivity index is 1.93. The smallest absolute Gasteiger partial charge is 0.233 e. The molecule has 0 saturated heterocycles. The topological polar surface area (TPSA) is 76.7 Å². The van der Waals surface area contributed by atoms with Crippen molar-refractivity contribution in [1.82, 2.24) is 0 Å². The Morgan fingerprint density at radius 2 is 1.65 bits per heavy atom. The Bertz CT molecular complexity index is 700. The van der Waals surface area contributed by atoms with Crippen LogP contribution in [0.1, 0.15) is 6.42 Å². The van der Waals surface area contributed by atoms with E-state index in [1.807, 2.05) is 0 Å². The average Bonchev–Trinajstić information content (AvgIpc) is 2.55. The summed E-state index contributed by atoms with van der Waals surface area (Å²) < 4.78 is 10.2. The predicted molar refractivity (Wildman–Crippen MR) is 87.9 cm³/mol. The standard InChI is InChI=1S/C17H18N2O4/c1-22-13-7-5-6-12(10-13)18-16(20)11-17(21)19-14-8-3-4-9-15(14)23-2/h3-10H,11H2,1-2H3,(H,18,20)(H,19,21). The average molecular weight is 314 g/mol. The lowest BCUT2D eigenvalue weighted by molar-refractivity contribution is -0.123. The highest BCUT2D eigenvalue weighted by molar-refractivity contribution is 6.08. The van der Waals surface area contributed by atoms with Gasteiger partial charge in [-0.3, -0.25) is 9.59 Å². The molecule has 120 valence electrons. The SMILES string of the molecule is COc1cccc(NC(=O)CC(=O)Nc2ccccc2OC)c1. The van der Waals surface area contributed by atoms with E-state index in [1.54, 1.807) is 55.6 Å². The molecule has 0 bridgehead atoms. The molecule has 0 unspecified atom stereocenters. The van der Waals surface area contributed by atoms with Crippen molar-refractivity contribution >= 4 is 23.2 Å². The fourth-order valence-electron chi connectivity index (χ4n) is 1.99. The monoisotopic (exact) mass is 314 g/mol. The Labute approximate surface area is 134 Å². The molecule has 0 atom stereocenters. The van der Waals surface area contributed by atoms with Gasteiger partial charge < -0.3 is 20.1 Å². The number of ether oxygens (including phenoxy) is 2. The summed E-state index contributed by atoms with van der Waals surface area (Å²) in [6.45, 7) is 0. The van der Waals surface area contributed by atoms with Crippen LogP contribution in [0, 0.1) is 0 Å². The first kappa shape index (κ1) is 16.4. The lowest BCUT2D eigenvalue weighted by atomic mass is 10.2. The number of hydrogen-bond acceptors (Lipinski definition) is 4. The van der Waals surface area contributed by atoms with Crippen LogP contribution in [0.3, 0.4) is 0 Å². The third-order valence-electron chi connectivity index (χ3n) is 3.06. The Kier molecular flexibility index (Phi) is 5.57. The number of para-hydroxylation sites is 2. The summed E-state index contributed by atoms with van der Waals surface area (Å²) in [7, 11) is 3.06. The van der Waals surface area contributed by atoms with Crippen molar-refractivity contribution in [2.24, 2.45) is 0 Å². The summed E-state index contributed by atoms with van der Waals surface area (Å²) in [6.07, 6.45) is -0.296. The van der Waals surface area contributed by atoms with Crippen LogP contribution in [-0.2, 0) is 9.59 Å². The number of amides is 2. The summed E-state index contributed by atoms with van der Waals surface area (Å²) in [5.41, 5.74) is 1.09. The van der Waals surface area contributed by atoms with Crippen molar-refractivity contribution < 1.29 is 19.1 Å². The number of carbonyl (C=O) groups is 2. The maximum absolute atomic E-state index is 12.0. The molecule has 0 aliphatic heterocycles. The number of nitrogens with one attached hydrogen (secondary N) is 2. The van der Waals surface area contributed by atoms with Crippen LogP contribution < -0.4 is 20.1 Å². The second-order valence-corrected chi connectivity index (χ2v) is 4.71. The van der Waals surface area contributed by atoms with Gasteiger partial charge in [-0.25, -0.2) is 0 Å². The Hall–Kier alpha value is -3.02. The van der Waals surface area contributed by atoms with Gasteiger partial charge in [-0.1, -0.05) is 18.2 Å².